The number of benzene rings is 3. The van der Waals surface area contributed by atoms with Crippen LogP contribution in [0.5, 0.6) is 0 Å². The first-order valence-corrected chi connectivity index (χ1v) is 10.2. The van der Waals surface area contributed by atoms with E-state index in [0.29, 0.717) is 12.1 Å². The van der Waals surface area contributed by atoms with Crippen LogP contribution in [0.3, 0.4) is 0 Å². The summed E-state index contributed by atoms with van der Waals surface area (Å²) in [6.45, 7) is 3.34. The Hall–Kier alpha value is -2.52. The molecular formula is C24H25N3. The molecule has 1 aliphatic carbocycles. The number of rotatable bonds is 2. The lowest BCUT2D eigenvalue weighted by Crippen LogP contribution is -2.46. The number of hydrogen-bond acceptors (Lipinski definition) is 3. The highest BCUT2D eigenvalue weighted by atomic mass is 15.3. The third-order valence-corrected chi connectivity index (χ3v) is 6.83. The van der Waals surface area contributed by atoms with Gasteiger partial charge in [0.2, 0.25) is 0 Å². The molecule has 0 amide bonds. The maximum Gasteiger partial charge on any atom is 0.0880 e. The SMILES string of the molecule is c1ccc2c(c1)NCN2C1CCN(C2Cc3cccc4cccc2c34)CC1. The number of piperidine rings is 1. The van der Waals surface area contributed by atoms with Gasteiger partial charge < -0.3 is 10.2 Å². The van der Waals surface area contributed by atoms with Crippen LogP contribution in [0, 0.1) is 0 Å². The van der Waals surface area contributed by atoms with E-state index in [-0.39, 0.29) is 0 Å². The second-order valence-corrected chi connectivity index (χ2v) is 8.17. The zero-order valence-corrected chi connectivity index (χ0v) is 15.6. The van der Waals surface area contributed by atoms with Crippen LogP contribution in [0.2, 0.25) is 0 Å². The molecule has 2 heterocycles. The molecule has 2 aliphatic heterocycles. The minimum Gasteiger partial charge on any atom is -0.366 e. The Bertz CT molecular complexity index is 998. The van der Waals surface area contributed by atoms with Gasteiger partial charge in [-0.3, -0.25) is 4.90 Å². The van der Waals surface area contributed by atoms with E-state index in [0.717, 1.165) is 6.67 Å². The summed E-state index contributed by atoms with van der Waals surface area (Å²) in [4.78, 5) is 5.32. The Morgan fingerprint density at radius 3 is 2.56 bits per heavy atom. The van der Waals surface area contributed by atoms with E-state index < -0.39 is 0 Å². The molecule has 1 N–H and O–H groups in total. The van der Waals surface area contributed by atoms with Crippen LogP contribution >= 0.6 is 0 Å². The number of nitrogens with one attached hydrogen (secondary N) is 1. The van der Waals surface area contributed by atoms with Crippen molar-refractivity contribution in [2.75, 3.05) is 30.0 Å². The fourth-order valence-electron chi connectivity index (χ4n) is 5.51. The van der Waals surface area contributed by atoms with Gasteiger partial charge in [0.05, 0.1) is 18.0 Å². The molecule has 3 heteroatoms. The zero-order chi connectivity index (χ0) is 17.8. The Balaban J connectivity index is 1.21. The normalized spacial score (nSPS) is 22.2. The lowest BCUT2D eigenvalue weighted by atomic mass is 9.98. The average Bonchev–Trinajstić information content (AvgIpc) is 3.32. The molecular weight excluding hydrogens is 330 g/mol. The summed E-state index contributed by atoms with van der Waals surface area (Å²) in [5.74, 6) is 0. The van der Waals surface area contributed by atoms with Crippen molar-refractivity contribution < 1.29 is 0 Å². The summed E-state index contributed by atoms with van der Waals surface area (Å²) in [7, 11) is 0. The molecule has 0 spiro atoms. The van der Waals surface area contributed by atoms with E-state index in [2.05, 4.69) is 75.8 Å². The van der Waals surface area contributed by atoms with Gasteiger partial charge in [-0.2, -0.15) is 0 Å². The van der Waals surface area contributed by atoms with E-state index in [1.165, 1.54) is 60.1 Å². The second kappa shape index (κ2) is 6.00. The van der Waals surface area contributed by atoms with Crippen molar-refractivity contribution in [1.29, 1.82) is 0 Å². The summed E-state index contributed by atoms with van der Waals surface area (Å²) in [6, 6.07) is 23.6. The molecule has 0 aromatic heterocycles. The monoisotopic (exact) mass is 355 g/mol. The molecule has 3 aromatic rings. The summed E-state index contributed by atoms with van der Waals surface area (Å²) < 4.78 is 0. The Morgan fingerprint density at radius 1 is 0.852 bits per heavy atom. The molecule has 1 atom stereocenters. The van der Waals surface area contributed by atoms with Gasteiger partial charge in [0.1, 0.15) is 0 Å². The van der Waals surface area contributed by atoms with Crippen LogP contribution in [-0.4, -0.2) is 30.7 Å². The van der Waals surface area contributed by atoms with Gasteiger partial charge in [0.25, 0.3) is 0 Å². The van der Waals surface area contributed by atoms with Gasteiger partial charge in [-0.05, 0) is 53.3 Å². The van der Waals surface area contributed by atoms with Crippen molar-refractivity contribution in [1.82, 2.24) is 4.90 Å². The summed E-state index contributed by atoms with van der Waals surface area (Å²) in [6.07, 6.45) is 3.67. The fraction of sp³-hybridized carbons (Fsp3) is 0.333. The Labute approximate surface area is 160 Å². The number of hydrogen-bond donors (Lipinski definition) is 1. The molecule has 0 radical (unpaired) electrons. The van der Waals surface area contributed by atoms with Crippen LogP contribution < -0.4 is 10.2 Å². The summed E-state index contributed by atoms with van der Waals surface area (Å²) in [5, 5.41) is 6.47. The van der Waals surface area contributed by atoms with Crippen molar-refractivity contribution in [2.24, 2.45) is 0 Å². The smallest absolute Gasteiger partial charge is 0.0880 e. The van der Waals surface area contributed by atoms with Crippen LogP contribution in [0.4, 0.5) is 11.4 Å². The Morgan fingerprint density at radius 2 is 1.67 bits per heavy atom. The lowest BCUT2D eigenvalue weighted by Gasteiger charge is -2.40. The number of fused-ring (bicyclic) bond motifs is 1. The van der Waals surface area contributed by atoms with Gasteiger partial charge in [-0.25, -0.2) is 0 Å². The van der Waals surface area contributed by atoms with Gasteiger partial charge >= 0.3 is 0 Å². The number of anilines is 2. The third kappa shape index (κ3) is 2.38. The molecule has 3 nitrogen and oxygen atoms in total. The van der Waals surface area contributed by atoms with Crippen LogP contribution in [-0.2, 0) is 6.42 Å². The molecule has 3 aliphatic rings. The van der Waals surface area contributed by atoms with Gasteiger partial charge in [0.15, 0.2) is 0 Å². The largest absolute Gasteiger partial charge is 0.366 e. The standard InChI is InChI=1S/C24H25N3/c1-2-10-22-21(9-1)25-16-27(22)19-11-13-26(14-12-19)23-15-18-7-3-5-17-6-4-8-20(23)24(17)18/h1-10,19,23,25H,11-16H2. The molecule has 3 aromatic carbocycles. The van der Waals surface area contributed by atoms with E-state index in [9.17, 15) is 0 Å². The quantitative estimate of drug-likeness (QED) is 0.713. The van der Waals surface area contributed by atoms with Crippen molar-refractivity contribution >= 4 is 22.1 Å². The van der Waals surface area contributed by atoms with E-state index in [1.54, 1.807) is 5.56 Å². The second-order valence-electron chi connectivity index (χ2n) is 8.17. The molecule has 6 rings (SSSR count). The van der Waals surface area contributed by atoms with Crippen molar-refractivity contribution in [3.05, 3.63) is 71.8 Å². The molecule has 136 valence electrons. The maximum atomic E-state index is 3.55. The molecule has 0 saturated carbocycles. The molecule has 1 unspecified atom stereocenters. The molecule has 1 saturated heterocycles. The van der Waals surface area contributed by atoms with E-state index in [1.807, 2.05) is 0 Å². The third-order valence-electron chi connectivity index (χ3n) is 6.83. The molecule has 27 heavy (non-hydrogen) atoms. The fourth-order valence-corrected chi connectivity index (χ4v) is 5.51. The highest BCUT2D eigenvalue weighted by molar-refractivity contribution is 5.91. The van der Waals surface area contributed by atoms with Gasteiger partial charge in [-0.1, -0.05) is 48.5 Å². The first kappa shape index (κ1) is 15.5. The van der Waals surface area contributed by atoms with Gasteiger partial charge in [-0.15, -0.1) is 0 Å². The average molecular weight is 355 g/mol. The molecule has 1 fully saturated rings. The summed E-state index contributed by atoms with van der Waals surface area (Å²) in [5.41, 5.74) is 5.76. The highest BCUT2D eigenvalue weighted by Crippen LogP contribution is 2.42. The van der Waals surface area contributed by atoms with Gasteiger partial charge in [0, 0.05) is 25.2 Å². The van der Waals surface area contributed by atoms with E-state index >= 15 is 0 Å². The zero-order valence-electron chi connectivity index (χ0n) is 15.6. The number of para-hydroxylation sites is 2. The lowest BCUT2D eigenvalue weighted by molar-refractivity contribution is 0.154. The first-order chi connectivity index (χ1) is 13.4. The molecule has 0 bridgehead atoms. The maximum absolute atomic E-state index is 3.55. The van der Waals surface area contributed by atoms with E-state index in [4.69, 9.17) is 0 Å². The van der Waals surface area contributed by atoms with Crippen molar-refractivity contribution in [3.63, 3.8) is 0 Å². The minimum atomic E-state index is 0.566. The number of nitrogens with zero attached hydrogens (tertiary/aromatic N) is 2. The summed E-state index contributed by atoms with van der Waals surface area (Å²) >= 11 is 0. The van der Waals surface area contributed by atoms with Crippen LogP contribution in [0.1, 0.15) is 30.0 Å². The number of likely N-dealkylation sites (tertiary alicyclic amines) is 1. The highest BCUT2D eigenvalue weighted by Gasteiger charge is 2.34. The predicted octanol–water partition coefficient (Wildman–Crippen LogP) is 4.79. The van der Waals surface area contributed by atoms with Crippen LogP contribution in [0.15, 0.2) is 60.7 Å². The predicted molar refractivity (Wildman–Crippen MR) is 112 cm³/mol. The topological polar surface area (TPSA) is 18.5 Å². The Kier molecular flexibility index (Phi) is 3.45. The first-order valence-electron chi connectivity index (χ1n) is 10.2. The minimum absolute atomic E-state index is 0.566. The van der Waals surface area contributed by atoms with Crippen molar-refractivity contribution in [2.45, 2.75) is 31.3 Å². The van der Waals surface area contributed by atoms with Crippen LogP contribution in [0.25, 0.3) is 10.8 Å². The van der Waals surface area contributed by atoms with Crippen molar-refractivity contribution in [3.8, 4) is 0 Å².